The van der Waals surface area contributed by atoms with Crippen molar-refractivity contribution in [3.63, 3.8) is 0 Å². The molecule has 6 nitrogen and oxygen atoms in total. The number of aliphatic hydroxyl groups excluding tert-OH is 1. The summed E-state index contributed by atoms with van der Waals surface area (Å²) < 4.78 is 0. The Morgan fingerprint density at radius 3 is 2.61 bits per heavy atom. The van der Waals surface area contributed by atoms with E-state index in [1.807, 2.05) is 4.90 Å². The second-order valence-corrected chi connectivity index (χ2v) is 7.17. The van der Waals surface area contributed by atoms with Crippen molar-refractivity contribution < 1.29 is 9.90 Å². The smallest absolute Gasteiger partial charge is 0.272 e. The lowest BCUT2D eigenvalue weighted by Gasteiger charge is -2.40. The third-order valence-electron chi connectivity index (χ3n) is 5.81. The van der Waals surface area contributed by atoms with Gasteiger partial charge in [0.05, 0.1) is 6.10 Å². The Morgan fingerprint density at radius 2 is 1.91 bits per heavy atom. The number of likely N-dealkylation sites (tertiary alicyclic amines) is 2. The molecule has 3 fully saturated rings. The maximum atomic E-state index is 12.6. The number of carbonyl (C=O) groups excluding carboxylic acids is 1. The van der Waals surface area contributed by atoms with Crippen LogP contribution >= 0.6 is 0 Å². The predicted octanol–water partition coefficient (Wildman–Crippen LogP) is 0.784. The number of hydrogen-bond acceptors (Lipinski definition) is 5. The van der Waals surface area contributed by atoms with Crippen LogP contribution in [0.5, 0.6) is 0 Å². The van der Waals surface area contributed by atoms with Crippen molar-refractivity contribution >= 4 is 5.91 Å². The maximum absolute atomic E-state index is 12.6. The van der Waals surface area contributed by atoms with Crippen molar-refractivity contribution in [2.24, 2.45) is 11.8 Å². The average molecular weight is 316 g/mol. The monoisotopic (exact) mass is 316 g/mol. The summed E-state index contributed by atoms with van der Waals surface area (Å²) in [6.45, 7) is 3.77. The van der Waals surface area contributed by atoms with Gasteiger partial charge in [0.2, 0.25) is 0 Å². The first kappa shape index (κ1) is 15.0. The van der Waals surface area contributed by atoms with Crippen LogP contribution in [0.25, 0.3) is 0 Å². The van der Waals surface area contributed by atoms with Gasteiger partial charge in [-0.2, -0.15) is 0 Å². The molecule has 1 amide bonds. The van der Waals surface area contributed by atoms with Gasteiger partial charge in [-0.25, -0.2) is 9.97 Å². The van der Waals surface area contributed by atoms with Crippen LogP contribution in [0.2, 0.25) is 0 Å². The number of nitrogens with zero attached hydrogens (tertiary/aromatic N) is 4. The minimum atomic E-state index is -0.247. The zero-order valence-electron chi connectivity index (χ0n) is 13.3. The summed E-state index contributed by atoms with van der Waals surface area (Å²) in [4.78, 5) is 24.9. The molecule has 6 heteroatoms. The van der Waals surface area contributed by atoms with Crippen LogP contribution in [0.1, 0.15) is 36.2 Å². The Hall–Kier alpha value is -1.53. The fraction of sp³-hybridized carbons (Fsp3) is 0.706. The molecule has 2 saturated heterocycles. The number of amides is 1. The third kappa shape index (κ3) is 2.85. The van der Waals surface area contributed by atoms with Gasteiger partial charge in [0.1, 0.15) is 12.0 Å². The van der Waals surface area contributed by atoms with E-state index in [-0.39, 0.29) is 18.1 Å². The molecule has 0 aromatic carbocycles. The number of aliphatic hydroxyl groups is 1. The summed E-state index contributed by atoms with van der Waals surface area (Å²) in [6.07, 6.45) is 7.10. The van der Waals surface area contributed by atoms with Crippen LogP contribution < -0.4 is 0 Å². The number of hydrogen-bond donors (Lipinski definition) is 1. The standard InChI is InChI=1S/C17H24N4O2/c22-16-8-13-10-21(17(23)14-3-4-18-11-19-14)9-12(13)7-15(16)20-5-1-2-6-20/h3-4,11-13,15-16,22H,1-2,5-10H2/t12-,13+,15-,16-/m1/s1. The highest BCUT2D eigenvalue weighted by atomic mass is 16.3. The van der Waals surface area contributed by atoms with Crippen LogP contribution in [0.15, 0.2) is 18.6 Å². The fourth-order valence-electron chi connectivity index (χ4n) is 4.62. The summed E-state index contributed by atoms with van der Waals surface area (Å²) in [5.74, 6) is 0.929. The van der Waals surface area contributed by atoms with Gasteiger partial charge in [0.25, 0.3) is 5.91 Å². The molecule has 1 aliphatic carbocycles. The highest BCUT2D eigenvalue weighted by Gasteiger charge is 2.45. The van der Waals surface area contributed by atoms with E-state index in [2.05, 4.69) is 14.9 Å². The molecule has 0 spiro atoms. The summed E-state index contributed by atoms with van der Waals surface area (Å²) in [5, 5.41) is 10.6. The van der Waals surface area contributed by atoms with Crippen molar-refractivity contribution in [2.45, 2.75) is 37.8 Å². The molecule has 1 N–H and O–H groups in total. The normalized spacial score (nSPS) is 34.6. The Bertz CT molecular complexity index is 561. The summed E-state index contributed by atoms with van der Waals surface area (Å²) in [5.41, 5.74) is 0.468. The van der Waals surface area contributed by atoms with Crippen LogP contribution in [-0.4, -0.2) is 69.1 Å². The maximum Gasteiger partial charge on any atom is 0.272 e. The number of carbonyl (C=O) groups is 1. The third-order valence-corrected chi connectivity index (χ3v) is 5.81. The van der Waals surface area contributed by atoms with Gasteiger partial charge in [0.15, 0.2) is 0 Å². The van der Waals surface area contributed by atoms with Crippen LogP contribution in [0.3, 0.4) is 0 Å². The van der Waals surface area contributed by atoms with Gasteiger partial charge in [0, 0.05) is 25.3 Å². The summed E-state index contributed by atoms with van der Waals surface area (Å²) >= 11 is 0. The molecule has 23 heavy (non-hydrogen) atoms. The molecule has 4 atom stereocenters. The van der Waals surface area contributed by atoms with E-state index in [4.69, 9.17) is 0 Å². The Labute approximate surface area is 136 Å². The van der Waals surface area contributed by atoms with Gasteiger partial charge >= 0.3 is 0 Å². The van der Waals surface area contributed by atoms with Crippen molar-refractivity contribution in [1.29, 1.82) is 0 Å². The molecule has 4 rings (SSSR count). The van der Waals surface area contributed by atoms with Gasteiger partial charge in [-0.1, -0.05) is 0 Å². The molecule has 3 aliphatic rings. The lowest BCUT2D eigenvalue weighted by atomic mass is 9.77. The quantitative estimate of drug-likeness (QED) is 0.873. The zero-order valence-corrected chi connectivity index (χ0v) is 13.3. The molecule has 1 aromatic rings. The first-order valence-electron chi connectivity index (χ1n) is 8.70. The highest BCUT2D eigenvalue weighted by molar-refractivity contribution is 5.92. The topological polar surface area (TPSA) is 69.6 Å². The lowest BCUT2D eigenvalue weighted by molar-refractivity contribution is -0.000864. The van der Waals surface area contributed by atoms with Crippen molar-refractivity contribution in [2.75, 3.05) is 26.2 Å². The molecule has 0 radical (unpaired) electrons. The Morgan fingerprint density at radius 1 is 1.17 bits per heavy atom. The van der Waals surface area contributed by atoms with Crippen molar-refractivity contribution in [1.82, 2.24) is 19.8 Å². The predicted molar refractivity (Wildman–Crippen MR) is 84.8 cm³/mol. The van der Waals surface area contributed by atoms with Gasteiger partial charge in [-0.05, 0) is 56.7 Å². The van der Waals surface area contributed by atoms with Gasteiger partial charge < -0.3 is 10.0 Å². The van der Waals surface area contributed by atoms with Gasteiger partial charge in [-0.15, -0.1) is 0 Å². The number of rotatable bonds is 2. The molecule has 0 bridgehead atoms. The van der Waals surface area contributed by atoms with E-state index in [0.29, 0.717) is 17.5 Å². The SMILES string of the molecule is O=C(c1ccncn1)N1C[C@H]2C[C@@H](N3CCCC3)[C@H](O)C[C@H]2C1. The minimum absolute atomic E-state index is 0.00554. The second kappa shape index (κ2) is 6.17. The summed E-state index contributed by atoms with van der Waals surface area (Å²) in [7, 11) is 0. The summed E-state index contributed by atoms with van der Waals surface area (Å²) in [6, 6.07) is 1.96. The molecule has 2 aliphatic heterocycles. The van der Waals surface area contributed by atoms with Crippen molar-refractivity contribution in [3.05, 3.63) is 24.3 Å². The van der Waals surface area contributed by atoms with E-state index in [0.717, 1.165) is 39.0 Å². The first-order chi connectivity index (χ1) is 11.2. The van der Waals surface area contributed by atoms with E-state index in [1.54, 1.807) is 12.3 Å². The number of fused-ring (bicyclic) bond motifs is 1. The van der Waals surface area contributed by atoms with E-state index in [1.165, 1.54) is 19.2 Å². The Balaban J connectivity index is 1.44. The highest BCUT2D eigenvalue weighted by Crippen LogP contribution is 2.39. The molecule has 124 valence electrons. The largest absolute Gasteiger partial charge is 0.391 e. The van der Waals surface area contributed by atoms with Crippen molar-refractivity contribution in [3.8, 4) is 0 Å². The van der Waals surface area contributed by atoms with Gasteiger partial charge in [-0.3, -0.25) is 9.69 Å². The fourth-order valence-corrected chi connectivity index (χ4v) is 4.62. The number of aromatic nitrogens is 2. The van der Waals surface area contributed by atoms with E-state index >= 15 is 0 Å². The molecule has 3 heterocycles. The van der Waals surface area contributed by atoms with E-state index < -0.39 is 0 Å². The lowest BCUT2D eigenvalue weighted by Crippen LogP contribution is -2.48. The molecular weight excluding hydrogens is 292 g/mol. The zero-order chi connectivity index (χ0) is 15.8. The molecule has 1 saturated carbocycles. The van der Waals surface area contributed by atoms with Crippen LogP contribution in [-0.2, 0) is 0 Å². The van der Waals surface area contributed by atoms with E-state index in [9.17, 15) is 9.90 Å². The van der Waals surface area contributed by atoms with Crippen LogP contribution in [0, 0.1) is 11.8 Å². The molecule has 1 aromatic heterocycles. The molecule has 0 unspecified atom stereocenters. The second-order valence-electron chi connectivity index (χ2n) is 7.17. The molecular formula is C17H24N4O2. The first-order valence-corrected chi connectivity index (χ1v) is 8.70. The Kier molecular flexibility index (Phi) is 4.03. The average Bonchev–Trinajstić information content (AvgIpc) is 3.23. The van der Waals surface area contributed by atoms with Crippen LogP contribution in [0.4, 0.5) is 0 Å². The minimum Gasteiger partial charge on any atom is -0.391 e.